The predicted octanol–water partition coefficient (Wildman–Crippen LogP) is 3.66. The Bertz CT molecular complexity index is 702. The van der Waals surface area contributed by atoms with Crippen LogP contribution in [0.2, 0.25) is 0 Å². The predicted molar refractivity (Wildman–Crippen MR) is 100 cm³/mol. The van der Waals surface area contributed by atoms with Crippen molar-refractivity contribution in [2.24, 2.45) is 5.92 Å². The largest absolute Gasteiger partial charge is 0.374 e. The highest BCUT2D eigenvalue weighted by Crippen LogP contribution is 2.24. The number of hydrogen-bond donors (Lipinski definition) is 2. The summed E-state index contributed by atoms with van der Waals surface area (Å²) in [6, 6.07) is 9.59. The SMILES string of the molecule is Cc1cc(NC(=O)[C@H](C)Nc2ccc(N3CCC(C)CC3)cc2)on1. The van der Waals surface area contributed by atoms with Crippen LogP contribution in [0.5, 0.6) is 0 Å². The topological polar surface area (TPSA) is 70.4 Å². The molecule has 0 unspecified atom stereocenters. The number of anilines is 3. The van der Waals surface area contributed by atoms with Crippen molar-refractivity contribution in [2.75, 3.05) is 28.6 Å². The monoisotopic (exact) mass is 342 g/mol. The van der Waals surface area contributed by atoms with Gasteiger partial charge in [-0.25, -0.2) is 0 Å². The van der Waals surface area contributed by atoms with Gasteiger partial charge in [-0.2, -0.15) is 0 Å². The lowest BCUT2D eigenvalue weighted by Gasteiger charge is -2.32. The van der Waals surface area contributed by atoms with Crippen molar-refractivity contribution in [3.63, 3.8) is 0 Å². The van der Waals surface area contributed by atoms with Crippen molar-refractivity contribution in [3.05, 3.63) is 36.0 Å². The molecule has 2 N–H and O–H groups in total. The standard InChI is InChI=1S/C19H26N4O2/c1-13-8-10-23(11-9-13)17-6-4-16(5-7-17)20-15(3)19(24)21-18-12-14(2)22-25-18/h4-7,12-13,15,20H,8-11H2,1-3H3,(H,21,24)/t15-/m0/s1. The Morgan fingerprint density at radius 3 is 2.56 bits per heavy atom. The van der Waals surface area contributed by atoms with E-state index in [1.54, 1.807) is 6.07 Å². The molecule has 0 aliphatic carbocycles. The maximum atomic E-state index is 12.2. The van der Waals surface area contributed by atoms with Gasteiger partial charge in [-0.3, -0.25) is 10.1 Å². The van der Waals surface area contributed by atoms with Gasteiger partial charge in [-0.15, -0.1) is 0 Å². The second-order valence-corrected chi connectivity index (χ2v) is 6.90. The third-order valence-electron chi connectivity index (χ3n) is 4.67. The van der Waals surface area contributed by atoms with Gasteiger partial charge in [0.2, 0.25) is 11.8 Å². The minimum Gasteiger partial charge on any atom is -0.374 e. The van der Waals surface area contributed by atoms with Crippen LogP contribution in [-0.4, -0.2) is 30.2 Å². The number of amides is 1. The van der Waals surface area contributed by atoms with Gasteiger partial charge in [-0.05, 0) is 56.9 Å². The normalized spacial score (nSPS) is 16.5. The van der Waals surface area contributed by atoms with E-state index in [1.165, 1.54) is 18.5 Å². The lowest BCUT2D eigenvalue weighted by Crippen LogP contribution is -2.33. The van der Waals surface area contributed by atoms with Gasteiger partial charge in [0.1, 0.15) is 6.04 Å². The quantitative estimate of drug-likeness (QED) is 0.868. The minimum absolute atomic E-state index is 0.162. The Hall–Kier alpha value is -2.50. The van der Waals surface area contributed by atoms with Gasteiger partial charge in [-0.1, -0.05) is 12.1 Å². The van der Waals surface area contributed by atoms with Crippen molar-refractivity contribution in [1.29, 1.82) is 0 Å². The molecule has 1 amide bonds. The average molecular weight is 342 g/mol. The number of carbonyl (C=O) groups is 1. The van der Waals surface area contributed by atoms with E-state index >= 15 is 0 Å². The van der Waals surface area contributed by atoms with Crippen LogP contribution in [0.3, 0.4) is 0 Å². The molecule has 2 aromatic rings. The molecule has 1 aromatic carbocycles. The summed E-state index contributed by atoms with van der Waals surface area (Å²) in [5, 5.41) is 9.68. The van der Waals surface area contributed by atoms with Gasteiger partial charge < -0.3 is 14.7 Å². The molecule has 0 spiro atoms. The molecule has 1 aromatic heterocycles. The third-order valence-corrected chi connectivity index (χ3v) is 4.67. The number of rotatable bonds is 5. The minimum atomic E-state index is -0.382. The summed E-state index contributed by atoms with van der Waals surface area (Å²) in [5.74, 6) is 1.03. The molecule has 1 fully saturated rings. The Balaban J connectivity index is 1.54. The lowest BCUT2D eigenvalue weighted by molar-refractivity contribution is -0.116. The number of aryl methyl sites for hydroxylation is 1. The maximum absolute atomic E-state index is 12.2. The van der Waals surface area contributed by atoms with E-state index in [4.69, 9.17) is 4.52 Å². The van der Waals surface area contributed by atoms with E-state index in [1.807, 2.05) is 26.0 Å². The van der Waals surface area contributed by atoms with Gasteiger partial charge >= 0.3 is 0 Å². The molecule has 6 nitrogen and oxygen atoms in total. The number of nitrogens with zero attached hydrogens (tertiary/aromatic N) is 2. The molecule has 134 valence electrons. The van der Waals surface area contributed by atoms with E-state index < -0.39 is 0 Å². The zero-order valence-electron chi connectivity index (χ0n) is 15.1. The third kappa shape index (κ3) is 4.53. The summed E-state index contributed by atoms with van der Waals surface area (Å²) in [4.78, 5) is 14.6. The van der Waals surface area contributed by atoms with E-state index in [0.29, 0.717) is 5.88 Å². The van der Waals surface area contributed by atoms with Crippen LogP contribution in [-0.2, 0) is 4.79 Å². The van der Waals surface area contributed by atoms with Gasteiger partial charge in [0.25, 0.3) is 0 Å². The zero-order valence-corrected chi connectivity index (χ0v) is 15.1. The first-order chi connectivity index (χ1) is 12.0. The van der Waals surface area contributed by atoms with E-state index in [9.17, 15) is 4.79 Å². The summed E-state index contributed by atoms with van der Waals surface area (Å²) in [5.41, 5.74) is 2.90. The highest BCUT2D eigenvalue weighted by atomic mass is 16.5. The highest BCUT2D eigenvalue weighted by Gasteiger charge is 2.17. The summed E-state index contributed by atoms with van der Waals surface area (Å²) >= 11 is 0. The Kier molecular flexibility index (Phi) is 5.26. The smallest absolute Gasteiger partial charge is 0.248 e. The molecule has 1 aliphatic rings. The van der Waals surface area contributed by atoms with Crippen LogP contribution in [0.4, 0.5) is 17.3 Å². The maximum Gasteiger partial charge on any atom is 0.248 e. The molecule has 0 saturated carbocycles. The number of carbonyl (C=O) groups excluding carboxylic acids is 1. The molecule has 0 bridgehead atoms. The first-order valence-corrected chi connectivity index (χ1v) is 8.87. The summed E-state index contributed by atoms with van der Waals surface area (Å²) in [6.07, 6.45) is 2.50. The van der Waals surface area contributed by atoms with Crippen LogP contribution in [0.25, 0.3) is 0 Å². The second-order valence-electron chi connectivity index (χ2n) is 6.90. The van der Waals surface area contributed by atoms with Crippen LogP contribution < -0.4 is 15.5 Å². The van der Waals surface area contributed by atoms with E-state index in [-0.39, 0.29) is 11.9 Å². The number of benzene rings is 1. The molecule has 1 atom stereocenters. The molecular formula is C19H26N4O2. The number of hydrogen-bond acceptors (Lipinski definition) is 5. The van der Waals surface area contributed by atoms with Gasteiger partial charge in [0.15, 0.2) is 0 Å². The fraction of sp³-hybridized carbons (Fsp3) is 0.474. The molecule has 25 heavy (non-hydrogen) atoms. The van der Waals surface area contributed by atoms with E-state index in [2.05, 4.69) is 39.7 Å². The molecular weight excluding hydrogens is 316 g/mol. The van der Waals surface area contributed by atoms with Crippen LogP contribution in [0.1, 0.15) is 32.4 Å². The Morgan fingerprint density at radius 2 is 1.96 bits per heavy atom. The Morgan fingerprint density at radius 1 is 1.28 bits per heavy atom. The summed E-state index contributed by atoms with van der Waals surface area (Å²) < 4.78 is 5.01. The van der Waals surface area contributed by atoms with Crippen molar-refractivity contribution in [2.45, 2.75) is 39.7 Å². The van der Waals surface area contributed by atoms with E-state index in [0.717, 1.165) is 30.4 Å². The van der Waals surface area contributed by atoms with Crippen LogP contribution in [0.15, 0.2) is 34.9 Å². The lowest BCUT2D eigenvalue weighted by atomic mass is 9.99. The van der Waals surface area contributed by atoms with Crippen molar-refractivity contribution < 1.29 is 9.32 Å². The number of piperidine rings is 1. The molecule has 1 saturated heterocycles. The first-order valence-electron chi connectivity index (χ1n) is 8.87. The molecule has 0 radical (unpaired) electrons. The highest BCUT2D eigenvalue weighted by molar-refractivity contribution is 5.95. The van der Waals surface area contributed by atoms with Gasteiger partial charge in [0, 0.05) is 30.5 Å². The number of nitrogens with one attached hydrogen (secondary N) is 2. The van der Waals surface area contributed by atoms with Crippen molar-refractivity contribution >= 4 is 23.2 Å². The number of aromatic nitrogens is 1. The Labute approximate surface area is 148 Å². The molecule has 6 heteroatoms. The summed E-state index contributed by atoms with van der Waals surface area (Å²) in [6.45, 7) is 8.17. The van der Waals surface area contributed by atoms with Crippen molar-refractivity contribution in [3.8, 4) is 0 Å². The average Bonchev–Trinajstić information content (AvgIpc) is 3.01. The first kappa shape index (κ1) is 17.3. The fourth-order valence-corrected chi connectivity index (χ4v) is 3.00. The summed E-state index contributed by atoms with van der Waals surface area (Å²) in [7, 11) is 0. The molecule has 1 aliphatic heterocycles. The van der Waals surface area contributed by atoms with Gasteiger partial charge in [0.05, 0.1) is 5.69 Å². The van der Waals surface area contributed by atoms with Crippen molar-refractivity contribution in [1.82, 2.24) is 5.16 Å². The van der Waals surface area contributed by atoms with Crippen LogP contribution >= 0.6 is 0 Å². The molecule has 3 rings (SSSR count). The van der Waals surface area contributed by atoms with Crippen LogP contribution in [0, 0.1) is 12.8 Å². The fourth-order valence-electron chi connectivity index (χ4n) is 3.00. The molecule has 2 heterocycles. The zero-order chi connectivity index (χ0) is 17.8. The second kappa shape index (κ2) is 7.59.